The highest BCUT2D eigenvalue weighted by Crippen LogP contribution is 2.40. The molecule has 1 aromatic heterocycles. The maximum absolute atomic E-state index is 6.05. The van der Waals surface area contributed by atoms with Crippen molar-refractivity contribution in [3.05, 3.63) is 18.5 Å². The van der Waals surface area contributed by atoms with E-state index in [-0.39, 0.29) is 0 Å². The van der Waals surface area contributed by atoms with Gasteiger partial charge in [0.15, 0.2) is 5.82 Å². The number of aromatic nitrogens is 2. The molecule has 5 heteroatoms. The summed E-state index contributed by atoms with van der Waals surface area (Å²) in [6.07, 6.45) is 4.07. The maximum atomic E-state index is 6.05. The van der Waals surface area contributed by atoms with Gasteiger partial charge in [0.05, 0.1) is 6.61 Å². The Kier molecular flexibility index (Phi) is 4.24. The van der Waals surface area contributed by atoms with Crippen LogP contribution in [0.2, 0.25) is 0 Å². The van der Waals surface area contributed by atoms with E-state index >= 15 is 0 Å². The third-order valence-corrected chi connectivity index (χ3v) is 2.84. The molecule has 1 heterocycles. The van der Waals surface area contributed by atoms with Crippen LogP contribution in [0.25, 0.3) is 0 Å². The summed E-state index contributed by atoms with van der Waals surface area (Å²) in [7, 11) is 0. The quantitative estimate of drug-likeness (QED) is 0.739. The van der Waals surface area contributed by atoms with Gasteiger partial charge in [-0.3, -0.25) is 0 Å². The molecule has 5 nitrogen and oxygen atoms in total. The third-order valence-electron chi connectivity index (χ3n) is 2.84. The van der Waals surface area contributed by atoms with Crippen LogP contribution >= 0.6 is 0 Å². The van der Waals surface area contributed by atoms with Crippen LogP contribution in [0, 0.1) is 5.92 Å². The number of hydrogen-bond donors (Lipinski definition) is 2. The summed E-state index contributed by atoms with van der Waals surface area (Å²) >= 11 is 0. The van der Waals surface area contributed by atoms with Crippen LogP contribution in [0.15, 0.2) is 12.7 Å². The standard InChI is InChI=1S/C14H22N4O/c1-4-7-16-13-11(15)14(19-8-9(2)3)18-12(17-13)10-5-6-10/h4,9-10H,1,5-8,15H2,2-3H3,(H,16,17,18). The first-order chi connectivity index (χ1) is 9.11. The van der Waals surface area contributed by atoms with Crippen molar-refractivity contribution in [3.63, 3.8) is 0 Å². The Bertz CT molecular complexity index is 455. The number of rotatable bonds is 7. The number of nitrogens with one attached hydrogen (secondary N) is 1. The average molecular weight is 262 g/mol. The lowest BCUT2D eigenvalue weighted by atomic mass is 10.2. The lowest BCUT2D eigenvalue weighted by Crippen LogP contribution is -2.12. The van der Waals surface area contributed by atoms with Crippen LogP contribution in [0.5, 0.6) is 5.88 Å². The van der Waals surface area contributed by atoms with Crippen LogP contribution in [0.1, 0.15) is 38.4 Å². The Morgan fingerprint density at radius 3 is 2.79 bits per heavy atom. The topological polar surface area (TPSA) is 73.1 Å². The van der Waals surface area contributed by atoms with Crippen LogP contribution in [-0.2, 0) is 0 Å². The molecule has 1 fully saturated rings. The van der Waals surface area contributed by atoms with Crippen LogP contribution in [-0.4, -0.2) is 23.1 Å². The van der Waals surface area contributed by atoms with Crippen molar-refractivity contribution < 1.29 is 4.74 Å². The molecule has 104 valence electrons. The first-order valence-corrected chi connectivity index (χ1v) is 6.76. The minimum absolute atomic E-state index is 0.434. The molecule has 19 heavy (non-hydrogen) atoms. The van der Waals surface area contributed by atoms with Gasteiger partial charge in [0, 0.05) is 12.5 Å². The monoisotopic (exact) mass is 262 g/mol. The fraction of sp³-hybridized carbons (Fsp3) is 0.571. The molecule has 1 aliphatic rings. The summed E-state index contributed by atoms with van der Waals surface area (Å²) in [5.41, 5.74) is 6.53. The molecule has 1 saturated carbocycles. The van der Waals surface area contributed by atoms with Crippen molar-refractivity contribution >= 4 is 11.5 Å². The van der Waals surface area contributed by atoms with Gasteiger partial charge in [-0.2, -0.15) is 4.98 Å². The zero-order chi connectivity index (χ0) is 13.8. The lowest BCUT2D eigenvalue weighted by Gasteiger charge is -2.14. The van der Waals surface area contributed by atoms with E-state index in [0.717, 1.165) is 18.7 Å². The number of nitrogens with two attached hydrogens (primary N) is 1. The van der Waals surface area contributed by atoms with Crippen molar-refractivity contribution in [2.75, 3.05) is 24.2 Å². The number of anilines is 2. The van der Waals surface area contributed by atoms with Gasteiger partial charge in [0.2, 0.25) is 5.88 Å². The predicted octanol–water partition coefficient (Wildman–Crippen LogP) is 2.57. The SMILES string of the molecule is C=CCNc1nc(C2CC2)nc(OCC(C)C)c1N. The summed E-state index contributed by atoms with van der Waals surface area (Å²) in [6.45, 7) is 9.09. The van der Waals surface area contributed by atoms with Crippen molar-refractivity contribution in [2.24, 2.45) is 5.92 Å². The first kappa shape index (κ1) is 13.6. The molecule has 3 N–H and O–H groups in total. The molecular formula is C14H22N4O. The highest BCUT2D eigenvalue weighted by Gasteiger charge is 2.28. The number of ether oxygens (including phenoxy) is 1. The molecule has 0 spiro atoms. The summed E-state index contributed by atoms with van der Waals surface area (Å²) in [5.74, 6) is 2.88. The molecule has 0 aromatic carbocycles. The van der Waals surface area contributed by atoms with E-state index in [0.29, 0.717) is 42.4 Å². The average Bonchev–Trinajstić information content (AvgIpc) is 3.20. The molecular weight excluding hydrogens is 240 g/mol. The normalized spacial score (nSPS) is 14.5. The van der Waals surface area contributed by atoms with Gasteiger partial charge >= 0.3 is 0 Å². The fourth-order valence-corrected chi connectivity index (χ4v) is 1.65. The van der Waals surface area contributed by atoms with Crippen LogP contribution in [0.3, 0.4) is 0 Å². The summed E-state index contributed by atoms with van der Waals surface area (Å²) in [5, 5.41) is 3.14. The van der Waals surface area contributed by atoms with E-state index in [1.165, 1.54) is 0 Å². The van der Waals surface area contributed by atoms with Gasteiger partial charge in [-0.1, -0.05) is 19.9 Å². The van der Waals surface area contributed by atoms with Gasteiger partial charge in [0.25, 0.3) is 0 Å². The molecule has 0 unspecified atom stereocenters. The minimum Gasteiger partial charge on any atom is -0.476 e. The first-order valence-electron chi connectivity index (χ1n) is 6.76. The Hall–Kier alpha value is -1.78. The summed E-state index contributed by atoms with van der Waals surface area (Å²) in [6, 6.07) is 0. The highest BCUT2D eigenvalue weighted by molar-refractivity contribution is 5.67. The second-order valence-corrected chi connectivity index (χ2v) is 5.30. The number of nitrogens with zero attached hydrogens (tertiary/aromatic N) is 2. The minimum atomic E-state index is 0.434. The van der Waals surface area contributed by atoms with E-state index < -0.39 is 0 Å². The molecule has 0 amide bonds. The van der Waals surface area contributed by atoms with Gasteiger partial charge in [-0.15, -0.1) is 6.58 Å². The Balaban J connectivity index is 2.23. The van der Waals surface area contributed by atoms with Crippen molar-refractivity contribution in [3.8, 4) is 5.88 Å². The van der Waals surface area contributed by atoms with Gasteiger partial charge in [-0.25, -0.2) is 4.98 Å². The largest absolute Gasteiger partial charge is 0.476 e. The van der Waals surface area contributed by atoms with E-state index in [4.69, 9.17) is 10.5 Å². The van der Waals surface area contributed by atoms with Crippen molar-refractivity contribution in [1.82, 2.24) is 9.97 Å². The predicted molar refractivity (Wildman–Crippen MR) is 77.4 cm³/mol. The third kappa shape index (κ3) is 3.59. The van der Waals surface area contributed by atoms with E-state index in [2.05, 4.69) is 35.7 Å². The fourth-order valence-electron chi connectivity index (χ4n) is 1.65. The van der Waals surface area contributed by atoms with E-state index in [9.17, 15) is 0 Å². The van der Waals surface area contributed by atoms with Crippen LogP contribution in [0.4, 0.5) is 11.5 Å². The van der Waals surface area contributed by atoms with E-state index in [1.807, 2.05) is 0 Å². The maximum Gasteiger partial charge on any atom is 0.242 e. The van der Waals surface area contributed by atoms with Gasteiger partial charge in [-0.05, 0) is 18.8 Å². The molecule has 0 aliphatic heterocycles. The van der Waals surface area contributed by atoms with Crippen LogP contribution < -0.4 is 15.8 Å². The van der Waals surface area contributed by atoms with Gasteiger partial charge in [0.1, 0.15) is 11.5 Å². The van der Waals surface area contributed by atoms with Gasteiger partial charge < -0.3 is 15.8 Å². The molecule has 0 radical (unpaired) electrons. The molecule has 2 rings (SSSR count). The lowest BCUT2D eigenvalue weighted by molar-refractivity contribution is 0.262. The zero-order valence-electron chi connectivity index (χ0n) is 11.6. The molecule has 0 bridgehead atoms. The second kappa shape index (κ2) is 5.91. The zero-order valence-corrected chi connectivity index (χ0v) is 11.6. The number of hydrogen-bond acceptors (Lipinski definition) is 5. The van der Waals surface area contributed by atoms with Crippen molar-refractivity contribution in [2.45, 2.75) is 32.6 Å². The summed E-state index contributed by atoms with van der Waals surface area (Å²) < 4.78 is 5.70. The molecule has 1 aliphatic carbocycles. The Labute approximate surface area is 114 Å². The number of nitrogen functional groups attached to an aromatic ring is 1. The highest BCUT2D eigenvalue weighted by atomic mass is 16.5. The second-order valence-electron chi connectivity index (χ2n) is 5.30. The molecule has 0 saturated heterocycles. The molecule has 1 aromatic rings. The summed E-state index contributed by atoms with van der Waals surface area (Å²) in [4.78, 5) is 8.94. The van der Waals surface area contributed by atoms with Crippen molar-refractivity contribution in [1.29, 1.82) is 0 Å². The Morgan fingerprint density at radius 2 is 2.21 bits per heavy atom. The molecule has 0 atom stereocenters. The van der Waals surface area contributed by atoms with E-state index in [1.54, 1.807) is 6.08 Å². The Morgan fingerprint density at radius 1 is 1.47 bits per heavy atom. The smallest absolute Gasteiger partial charge is 0.242 e.